The van der Waals surface area contributed by atoms with Crippen molar-refractivity contribution in [2.45, 2.75) is 6.92 Å². The number of anilines is 1. The zero-order valence-electron chi connectivity index (χ0n) is 9.81. The van der Waals surface area contributed by atoms with Crippen molar-refractivity contribution in [3.8, 4) is 0 Å². The molecule has 2 N–H and O–H groups in total. The molecule has 1 amide bonds. The van der Waals surface area contributed by atoms with E-state index in [2.05, 4.69) is 26.2 Å². The Morgan fingerprint density at radius 1 is 1.37 bits per heavy atom. The molecule has 2 aromatic heterocycles. The van der Waals surface area contributed by atoms with E-state index in [9.17, 15) is 9.59 Å². The van der Waals surface area contributed by atoms with Crippen LogP contribution in [0, 0.1) is 6.92 Å². The van der Waals surface area contributed by atoms with Gasteiger partial charge < -0.3 is 10.4 Å². The van der Waals surface area contributed by atoms with Crippen molar-refractivity contribution >= 4 is 44.8 Å². The molecule has 0 radical (unpaired) electrons. The number of amides is 1. The monoisotopic (exact) mass is 340 g/mol. The minimum Gasteiger partial charge on any atom is -0.478 e. The Morgan fingerprint density at radius 3 is 2.68 bits per heavy atom. The number of carbonyl (C=O) groups is 2. The standard InChI is InChI=1S/C12H9BrN2O3S/c1-6-2-9(19-10(6)13)11(16)15-8-3-7(12(17)18)4-14-5-8/h2-5H,1H3,(H,15,16)(H,17,18). The highest BCUT2D eigenvalue weighted by atomic mass is 79.9. The quantitative estimate of drug-likeness (QED) is 0.899. The minimum atomic E-state index is -1.08. The average Bonchev–Trinajstić information content (AvgIpc) is 2.70. The molecule has 2 rings (SSSR count). The number of hydrogen-bond acceptors (Lipinski definition) is 4. The van der Waals surface area contributed by atoms with Gasteiger partial charge in [0.2, 0.25) is 0 Å². The van der Waals surface area contributed by atoms with Crippen LogP contribution >= 0.6 is 27.3 Å². The number of carboxylic acid groups (broad SMARTS) is 1. The number of hydrogen-bond donors (Lipinski definition) is 2. The SMILES string of the molecule is Cc1cc(C(=O)Nc2cncc(C(=O)O)c2)sc1Br. The van der Waals surface area contributed by atoms with Crippen molar-refractivity contribution in [3.05, 3.63) is 44.3 Å². The van der Waals surface area contributed by atoms with Crippen molar-refractivity contribution in [1.29, 1.82) is 0 Å². The molecule has 2 aromatic rings. The van der Waals surface area contributed by atoms with E-state index in [0.717, 1.165) is 9.35 Å². The summed E-state index contributed by atoms with van der Waals surface area (Å²) in [6.07, 6.45) is 2.63. The third kappa shape index (κ3) is 3.18. The number of nitrogens with zero attached hydrogens (tertiary/aromatic N) is 1. The van der Waals surface area contributed by atoms with Gasteiger partial charge >= 0.3 is 5.97 Å². The molecule has 2 heterocycles. The van der Waals surface area contributed by atoms with Gasteiger partial charge in [0.25, 0.3) is 5.91 Å². The van der Waals surface area contributed by atoms with Crippen LogP contribution in [0.3, 0.4) is 0 Å². The summed E-state index contributed by atoms with van der Waals surface area (Å²) in [6, 6.07) is 3.13. The molecule has 0 aliphatic rings. The molecule has 5 nitrogen and oxygen atoms in total. The first-order valence-electron chi connectivity index (χ1n) is 5.23. The number of carboxylic acids is 1. The number of carbonyl (C=O) groups excluding carboxylic acids is 1. The molecule has 0 bridgehead atoms. The fourth-order valence-electron chi connectivity index (χ4n) is 1.39. The molecular formula is C12H9BrN2O3S. The van der Waals surface area contributed by atoms with E-state index in [1.807, 2.05) is 6.92 Å². The highest BCUT2D eigenvalue weighted by Crippen LogP contribution is 2.27. The first kappa shape index (κ1) is 13.7. The largest absolute Gasteiger partial charge is 0.478 e. The van der Waals surface area contributed by atoms with Gasteiger partial charge in [0.1, 0.15) is 0 Å². The minimum absolute atomic E-state index is 0.0290. The van der Waals surface area contributed by atoms with Gasteiger partial charge in [-0.15, -0.1) is 11.3 Å². The molecule has 0 saturated heterocycles. The summed E-state index contributed by atoms with van der Waals surface area (Å²) in [6.45, 7) is 1.89. The average molecular weight is 341 g/mol. The summed E-state index contributed by atoms with van der Waals surface area (Å²) >= 11 is 4.67. The van der Waals surface area contributed by atoms with Gasteiger partial charge in [-0.1, -0.05) is 0 Å². The zero-order chi connectivity index (χ0) is 14.0. The number of aromatic carboxylic acids is 1. The van der Waals surface area contributed by atoms with Gasteiger partial charge in [0.15, 0.2) is 0 Å². The fourth-order valence-corrected chi connectivity index (χ4v) is 2.82. The van der Waals surface area contributed by atoms with Crippen LogP contribution in [0.25, 0.3) is 0 Å². The number of aromatic nitrogens is 1. The second-order valence-corrected chi connectivity index (χ2v) is 6.16. The Balaban J connectivity index is 2.19. The van der Waals surface area contributed by atoms with E-state index >= 15 is 0 Å². The summed E-state index contributed by atoms with van der Waals surface area (Å²) in [5.41, 5.74) is 1.36. The Bertz CT molecular complexity index is 635. The lowest BCUT2D eigenvalue weighted by atomic mass is 10.2. The Kier molecular flexibility index (Phi) is 3.96. The molecule has 0 saturated carbocycles. The fraction of sp³-hybridized carbons (Fsp3) is 0.0833. The van der Waals surface area contributed by atoms with Crippen molar-refractivity contribution in [2.75, 3.05) is 5.32 Å². The number of thiophene rings is 1. The van der Waals surface area contributed by atoms with Crippen molar-refractivity contribution in [1.82, 2.24) is 4.98 Å². The Labute approximate surface area is 121 Å². The van der Waals surface area contributed by atoms with E-state index in [4.69, 9.17) is 5.11 Å². The molecule has 0 spiro atoms. The van der Waals surface area contributed by atoms with Gasteiger partial charge in [-0.05, 0) is 40.5 Å². The molecule has 0 aliphatic heterocycles. The third-order valence-electron chi connectivity index (χ3n) is 2.32. The van der Waals surface area contributed by atoms with E-state index in [1.54, 1.807) is 6.07 Å². The number of rotatable bonds is 3. The lowest BCUT2D eigenvalue weighted by Crippen LogP contribution is -2.11. The third-order valence-corrected chi connectivity index (χ3v) is 4.46. The van der Waals surface area contributed by atoms with E-state index < -0.39 is 5.97 Å². The van der Waals surface area contributed by atoms with Gasteiger partial charge in [0, 0.05) is 6.20 Å². The molecule has 98 valence electrons. The molecular weight excluding hydrogens is 332 g/mol. The van der Waals surface area contributed by atoms with Crippen LogP contribution in [-0.4, -0.2) is 22.0 Å². The summed E-state index contributed by atoms with van der Waals surface area (Å²) in [7, 11) is 0. The van der Waals surface area contributed by atoms with Crippen LogP contribution in [0.1, 0.15) is 25.6 Å². The lowest BCUT2D eigenvalue weighted by molar-refractivity contribution is 0.0696. The van der Waals surface area contributed by atoms with Crippen molar-refractivity contribution < 1.29 is 14.7 Å². The predicted molar refractivity (Wildman–Crippen MR) is 75.9 cm³/mol. The Hall–Kier alpha value is -1.73. The highest BCUT2D eigenvalue weighted by molar-refractivity contribution is 9.11. The molecule has 19 heavy (non-hydrogen) atoms. The predicted octanol–water partition coefficient (Wildman–Crippen LogP) is 3.16. The Morgan fingerprint density at radius 2 is 2.11 bits per heavy atom. The number of pyridine rings is 1. The maximum absolute atomic E-state index is 12.0. The lowest BCUT2D eigenvalue weighted by Gasteiger charge is -2.03. The van der Waals surface area contributed by atoms with Gasteiger partial charge in [-0.3, -0.25) is 9.78 Å². The summed E-state index contributed by atoms with van der Waals surface area (Å²) < 4.78 is 0.898. The molecule has 0 fully saturated rings. The molecule has 7 heteroatoms. The van der Waals surface area contributed by atoms with E-state index in [-0.39, 0.29) is 11.5 Å². The highest BCUT2D eigenvalue weighted by Gasteiger charge is 2.12. The van der Waals surface area contributed by atoms with Crippen LogP contribution in [-0.2, 0) is 0 Å². The summed E-state index contributed by atoms with van der Waals surface area (Å²) in [5, 5.41) is 11.5. The number of aryl methyl sites for hydroxylation is 1. The smallest absolute Gasteiger partial charge is 0.337 e. The summed E-state index contributed by atoms with van der Waals surface area (Å²) in [4.78, 5) is 27.1. The maximum Gasteiger partial charge on any atom is 0.337 e. The first-order valence-corrected chi connectivity index (χ1v) is 6.84. The van der Waals surface area contributed by atoms with Crippen molar-refractivity contribution in [2.24, 2.45) is 0 Å². The normalized spacial score (nSPS) is 10.2. The topological polar surface area (TPSA) is 79.3 Å². The maximum atomic E-state index is 12.0. The second-order valence-electron chi connectivity index (χ2n) is 3.79. The number of nitrogens with one attached hydrogen (secondary N) is 1. The van der Waals surface area contributed by atoms with Gasteiger partial charge in [-0.2, -0.15) is 0 Å². The van der Waals surface area contributed by atoms with Crippen LogP contribution in [0.15, 0.2) is 28.3 Å². The van der Waals surface area contributed by atoms with E-state index in [1.165, 1.54) is 29.8 Å². The first-order chi connectivity index (χ1) is 8.97. The molecule has 0 aliphatic carbocycles. The van der Waals surface area contributed by atoms with Gasteiger partial charge in [-0.25, -0.2) is 4.79 Å². The van der Waals surface area contributed by atoms with Crippen molar-refractivity contribution in [3.63, 3.8) is 0 Å². The zero-order valence-corrected chi connectivity index (χ0v) is 12.2. The summed E-state index contributed by atoms with van der Waals surface area (Å²) in [5.74, 6) is -1.37. The molecule has 0 aromatic carbocycles. The van der Waals surface area contributed by atoms with E-state index in [0.29, 0.717) is 10.6 Å². The van der Waals surface area contributed by atoms with Crippen LogP contribution in [0.2, 0.25) is 0 Å². The second kappa shape index (κ2) is 5.50. The van der Waals surface area contributed by atoms with Crippen LogP contribution in [0.4, 0.5) is 5.69 Å². The number of halogens is 1. The van der Waals surface area contributed by atoms with Gasteiger partial charge in [0.05, 0.1) is 26.1 Å². The molecule has 0 atom stereocenters. The van der Waals surface area contributed by atoms with Crippen LogP contribution in [0.5, 0.6) is 0 Å². The van der Waals surface area contributed by atoms with Crippen LogP contribution < -0.4 is 5.32 Å². The molecule has 0 unspecified atom stereocenters.